The summed E-state index contributed by atoms with van der Waals surface area (Å²) in [5.41, 5.74) is -0.882. The van der Waals surface area contributed by atoms with Crippen molar-refractivity contribution in [1.82, 2.24) is 19.7 Å². The average Bonchev–Trinajstić information content (AvgIpc) is 3.04. The molecule has 0 aliphatic carbocycles. The Kier molecular flexibility index (Phi) is 5.46. The SMILES string of the molecule is CCc1nnc2n1CCC1(CC2)CCN(C(=O)Nc2ccccc2C(F)(F)F)CC1. The van der Waals surface area contributed by atoms with Crippen molar-refractivity contribution in [1.29, 1.82) is 0 Å². The fourth-order valence-corrected chi connectivity index (χ4v) is 4.65. The molecule has 4 rings (SSSR count). The molecule has 30 heavy (non-hydrogen) atoms. The number of alkyl halides is 3. The number of halogens is 3. The van der Waals surface area contributed by atoms with Crippen LogP contribution in [0, 0.1) is 5.41 Å². The van der Waals surface area contributed by atoms with Crippen LogP contribution in [0.3, 0.4) is 0 Å². The summed E-state index contributed by atoms with van der Waals surface area (Å²) in [6, 6.07) is 4.61. The second-order valence-corrected chi connectivity index (χ2v) is 8.25. The van der Waals surface area contributed by atoms with E-state index in [0.29, 0.717) is 13.1 Å². The van der Waals surface area contributed by atoms with Crippen molar-refractivity contribution in [3.8, 4) is 0 Å². The van der Waals surface area contributed by atoms with Gasteiger partial charge in [-0.1, -0.05) is 19.1 Å². The Bertz CT molecular complexity index is 916. The van der Waals surface area contributed by atoms with Crippen molar-refractivity contribution in [2.75, 3.05) is 18.4 Å². The molecule has 2 aliphatic rings. The zero-order valence-corrected chi connectivity index (χ0v) is 17.0. The quantitative estimate of drug-likeness (QED) is 0.776. The molecule has 0 saturated carbocycles. The van der Waals surface area contributed by atoms with Crippen LogP contribution in [0.1, 0.15) is 49.8 Å². The molecule has 2 amide bonds. The summed E-state index contributed by atoms with van der Waals surface area (Å²) in [7, 11) is 0. The Labute approximate surface area is 173 Å². The van der Waals surface area contributed by atoms with Crippen molar-refractivity contribution in [2.24, 2.45) is 5.41 Å². The summed E-state index contributed by atoms with van der Waals surface area (Å²) in [6.07, 6.45) is 0.930. The second-order valence-electron chi connectivity index (χ2n) is 8.25. The molecule has 1 N–H and O–H groups in total. The third-order valence-corrected chi connectivity index (χ3v) is 6.55. The molecule has 2 aromatic rings. The van der Waals surface area contributed by atoms with E-state index in [1.807, 2.05) is 0 Å². The van der Waals surface area contributed by atoms with Gasteiger partial charge >= 0.3 is 12.2 Å². The lowest BCUT2D eigenvalue weighted by Gasteiger charge is -2.41. The molecule has 0 radical (unpaired) electrons. The van der Waals surface area contributed by atoms with Crippen molar-refractivity contribution in [3.63, 3.8) is 0 Å². The molecule has 1 saturated heterocycles. The van der Waals surface area contributed by atoms with Gasteiger partial charge in [-0.25, -0.2) is 4.79 Å². The first-order valence-electron chi connectivity index (χ1n) is 10.4. The smallest absolute Gasteiger partial charge is 0.324 e. The van der Waals surface area contributed by atoms with Crippen molar-refractivity contribution < 1.29 is 18.0 Å². The van der Waals surface area contributed by atoms with Gasteiger partial charge in [0.1, 0.15) is 11.6 Å². The number of amides is 2. The van der Waals surface area contributed by atoms with Crippen LogP contribution in [0.15, 0.2) is 24.3 Å². The maximum Gasteiger partial charge on any atom is 0.418 e. The third-order valence-electron chi connectivity index (χ3n) is 6.55. The summed E-state index contributed by atoms with van der Waals surface area (Å²) in [5.74, 6) is 2.05. The zero-order valence-electron chi connectivity index (χ0n) is 17.0. The lowest BCUT2D eigenvalue weighted by molar-refractivity contribution is -0.136. The number of carbonyl (C=O) groups excluding carboxylic acids is 1. The van der Waals surface area contributed by atoms with Gasteiger partial charge in [0.05, 0.1) is 11.3 Å². The molecule has 9 heteroatoms. The lowest BCUT2D eigenvalue weighted by atomic mass is 9.73. The maximum atomic E-state index is 13.2. The van der Waals surface area contributed by atoms with E-state index < -0.39 is 17.8 Å². The van der Waals surface area contributed by atoms with E-state index in [-0.39, 0.29) is 11.1 Å². The molecule has 1 aromatic carbocycles. The number of nitrogens with zero attached hydrogens (tertiary/aromatic N) is 4. The first-order valence-corrected chi connectivity index (χ1v) is 10.4. The minimum Gasteiger partial charge on any atom is -0.324 e. The Morgan fingerprint density at radius 2 is 1.80 bits per heavy atom. The number of hydrogen-bond donors (Lipinski definition) is 1. The molecule has 3 heterocycles. The number of likely N-dealkylation sites (tertiary alicyclic amines) is 1. The highest BCUT2D eigenvalue weighted by Crippen LogP contribution is 2.42. The number of carbonyl (C=O) groups is 1. The van der Waals surface area contributed by atoms with Gasteiger partial charge in [0.2, 0.25) is 0 Å². The Balaban J connectivity index is 1.38. The molecule has 6 nitrogen and oxygen atoms in total. The summed E-state index contributed by atoms with van der Waals surface area (Å²) in [5, 5.41) is 11.1. The van der Waals surface area contributed by atoms with Gasteiger partial charge in [0.15, 0.2) is 0 Å². The van der Waals surface area contributed by atoms with Gasteiger partial charge in [0, 0.05) is 32.5 Å². The minimum absolute atomic E-state index is 0.145. The number of para-hydroxylation sites is 1. The summed E-state index contributed by atoms with van der Waals surface area (Å²) >= 11 is 0. The summed E-state index contributed by atoms with van der Waals surface area (Å²) in [6.45, 7) is 4.05. The largest absolute Gasteiger partial charge is 0.418 e. The van der Waals surface area contributed by atoms with Crippen molar-refractivity contribution in [2.45, 2.75) is 58.2 Å². The van der Waals surface area contributed by atoms with Crippen LogP contribution in [0.4, 0.5) is 23.7 Å². The second kappa shape index (κ2) is 7.92. The van der Waals surface area contributed by atoms with Crippen LogP contribution in [0.25, 0.3) is 0 Å². The summed E-state index contributed by atoms with van der Waals surface area (Å²) < 4.78 is 41.8. The van der Waals surface area contributed by atoms with E-state index in [1.54, 1.807) is 4.90 Å². The van der Waals surface area contributed by atoms with Crippen LogP contribution < -0.4 is 5.32 Å². The fraction of sp³-hybridized carbons (Fsp3) is 0.571. The molecular weight excluding hydrogens is 395 g/mol. The topological polar surface area (TPSA) is 63.1 Å². The number of hydrogen-bond acceptors (Lipinski definition) is 3. The van der Waals surface area contributed by atoms with Crippen molar-refractivity contribution in [3.05, 3.63) is 41.5 Å². The Hall–Kier alpha value is -2.58. The average molecular weight is 421 g/mol. The van der Waals surface area contributed by atoms with Crippen LogP contribution in [0.2, 0.25) is 0 Å². The van der Waals surface area contributed by atoms with E-state index in [4.69, 9.17) is 0 Å². The van der Waals surface area contributed by atoms with Crippen molar-refractivity contribution >= 4 is 11.7 Å². The van der Waals surface area contributed by atoms with E-state index in [2.05, 4.69) is 27.0 Å². The molecule has 0 atom stereocenters. The highest BCUT2D eigenvalue weighted by atomic mass is 19.4. The molecule has 1 spiro atoms. The highest BCUT2D eigenvalue weighted by Gasteiger charge is 2.38. The number of fused-ring (bicyclic) bond motifs is 1. The zero-order chi connectivity index (χ0) is 21.4. The van der Waals surface area contributed by atoms with E-state index in [1.165, 1.54) is 18.2 Å². The molecular formula is C21H26F3N5O. The number of rotatable bonds is 2. The van der Waals surface area contributed by atoms with Gasteiger partial charge in [-0.05, 0) is 43.2 Å². The number of aryl methyl sites for hydroxylation is 2. The highest BCUT2D eigenvalue weighted by molar-refractivity contribution is 5.90. The van der Waals surface area contributed by atoms with Crippen LogP contribution in [0.5, 0.6) is 0 Å². The number of urea groups is 1. The predicted molar refractivity (Wildman–Crippen MR) is 106 cm³/mol. The number of anilines is 1. The minimum atomic E-state index is -4.51. The lowest BCUT2D eigenvalue weighted by Crippen LogP contribution is -2.45. The number of aromatic nitrogens is 3. The van der Waals surface area contributed by atoms with E-state index in [9.17, 15) is 18.0 Å². The van der Waals surface area contributed by atoms with Gasteiger partial charge in [-0.3, -0.25) is 0 Å². The van der Waals surface area contributed by atoms with Crippen LogP contribution in [-0.4, -0.2) is 38.8 Å². The molecule has 1 aromatic heterocycles. The standard InChI is InChI=1S/C21H26F3N5O/c1-2-17-26-27-18-7-8-20(11-14-29(17)18)9-12-28(13-10-20)19(30)25-16-6-4-3-5-15(16)21(22,23)24/h3-6H,2,7-14H2,1H3,(H,25,30). The van der Waals surface area contributed by atoms with Gasteiger partial charge in [0.25, 0.3) is 0 Å². The number of benzene rings is 1. The summed E-state index contributed by atoms with van der Waals surface area (Å²) in [4.78, 5) is 14.3. The molecule has 2 aliphatic heterocycles. The Morgan fingerprint density at radius 3 is 2.50 bits per heavy atom. The van der Waals surface area contributed by atoms with E-state index >= 15 is 0 Å². The number of piperidine rings is 1. The Morgan fingerprint density at radius 1 is 1.10 bits per heavy atom. The van der Waals surface area contributed by atoms with Gasteiger partial charge < -0.3 is 14.8 Å². The number of nitrogens with one attached hydrogen (secondary N) is 1. The van der Waals surface area contributed by atoms with Crippen LogP contribution >= 0.6 is 0 Å². The maximum absolute atomic E-state index is 13.2. The first-order chi connectivity index (χ1) is 14.3. The molecule has 0 unspecified atom stereocenters. The predicted octanol–water partition coefficient (Wildman–Crippen LogP) is 4.51. The van der Waals surface area contributed by atoms with Crippen LogP contribution in [-0.2, 0) is 25.6 Å². The first kappa shape index (κ1) is 20.7. The molecule has 1 fully saturated rings. The van der Waals surface area contributed by atoms with Gasteiger partial charge in [-0.15, -0.1) is 10.2 Å². The molecule has 0 bridgehead atoms. The monoisotopic (exact) mass is 421 g/mol. The fourth-order valence-electron chi connectivity index (χ4n) is 4.65. The van der Waals surface area contributed by atoms with Gasteiger partial charge in [-0.2, -0.15) is 13.2 Å². The molecule has 162 valence electrons. The van der Waals surface area contributed by atoms with E-state index in [0.717, 1.165) is 62.8 Å². The normalized spacial score (nSPS) is 18.7. The third kappa shape index (κ3) is 4.02.